The summed E-state index contributed by atoms with van der Waals surface area (Å²) >= 11 is 1.07. The van der Waals surface area contributed by atoms with E-state index in [9.17, 15) is 13.2 Å². The zero-order chi connectivity index (χ0) is 24.1. The van der Waals surface area contributed by atoms with E-state index in [-0.39, 0.29) is 17.0 Å². The molecule has 0 unspecified atom stereocenters. The minimum absolute atomic E-state index is 0.219. The molecule has 0 spiro atoms. The Labute approximate surface area is 200 Å². The van der Waals surface area contributed by atoms with Crippen molar-refractivity contribution in [3.8, 4) is 0 Å². The third-order valence-corrected chi connectivity index (χ3v) is 7.04. The molecule has 3 aromatic rings. The maximum absolute atomic E-state index is 12.8. The van der Waals surface area contributed by atoms with Gasteiger partial charge in [-0.1, -0.05) is 18.2 Å². The Morgan fingerprint density at radius 2 is 2.03 bits per heavy atom. The number of fused-ring (bicyclic) bond motifs is 1. The molecular formula is C24H27F3N6S. The van der Waals surface area contributed by atoms with Crippen molar-refractivity contribution < 1.29 is 13.2 Å². The van der Waals surface area contributed by atoms with Crippen molar-refractivity contribution in [1.29, 1.82) is 5.41 Å². The van der Waals surface area contributed by atoms with Crippen LogP contribution in [0.2, 0.25) is 0 Å². The van der Waals surface area contributed by atoms with Gasteiger partial charge in [-0.25, -0.2) is 9.97 Å². The first kappa shape index (κ1) is 24.2. The molecule has 1 aliphatic carbocycles. The fourth-order valence-electron chi connectivity index (χ4n) is 4.24. The van der Waals surface area contributed by atoms with E-state index in [2.05, 4.69) is 25.5 Å². The number of anilines is 2. The summed E-state index contributed by atoms with van der Waals surface area (Å²) in [5.74, 6) is 0.674. The Bertz CT molecular complexity index is 1140. The molecule has 1 aliphatic rings. The molecule has 10 heteroatoms. The number of nitrogens with zero attached hydrogens (tertiary/aromatic N) is 3. The molecule has 180 valence electrons. The molecule has 2 heterocycles. The van der Waals surface area contributed by atoms with Crippen molar-refractivity contribution >= 4 is 39.3 Å². The van der Waals surface area contributed by atoms with Crippen LogP contribution in [-0.2, 0) is 6.42 Å². The van der Waals surface area contributed by atoms with Crippen LogP contribution >= 0.6 is 11.3 Å². The van der Waals surface area contributed by atoms with Crippen molar-refractivity contribution in [3.63, 3.8) is 0 Å². The van der Waals surface area contributed by atoms with E-state index in [4.69, 9.17) is 5.41 Å². The number of thiophene rings is 1. The van der Waals surface area contributed by atoms with Crippen molar-refractivity contribution in [2.24, 2.45) is 0 Å². The highest BCUT2D eigenvalue weighted by molar-refractivity contribution is 7.18. The molecule has 0 radical (unpaired) electrons. The van der Waals surface area contributed by atoms with Crippen LogP contribution in [0, 0.1) is 5.41 Å². The van der Waals surface area contributed by atoms with Crippen molar-refractivity contribution in [1.82, 2.24) is 15.3 Å². The number of para-hydroxylation sites is 1. The molecule has 4 rings (SSSR count). The first-order chi connectivity index (χ1) is 16.3. The van der Waals surface area contributed by atoms with Crippen LogP contribution in [0.25, 0.3) is 10.2 Å². The summed E-state index contributed by atoms with van der Waals surface area (Å²) in [6.07, 6.45) is 2.22. The fourth-order valence-corrected chi connectivity index (χ4v) is 5.26. The molecule has 0 saturated heterocycles. The predicted octanol–water partition coefficient (Wildman–Crippen LogP) is 5.39. The first-order valence-corrected chi connectivity index (χ1v) is 11.9. The second-order valence-corrected chi connectivity index (χ2v) is 9.57. The molecule has 6 nitrogen and oxygen atoms in total. The summed E-state index contributed by atoms with van der Waals surface area (Å²) in [6, 6.07) is 11.9. The van der Waals surface area contributed by atoms with Gasteiger partial charge < -0.3 is 20.9 Å². The van der Waals surface area contributed by atoms with Crippen LogP contribution in [0.5, 0.6) is 0 Å². The van der Waals surface area contributed by atoms with E-state index in [1.165, 1.54) is 12.5 Å². The molecule has 1 saturated carbocycles. The number of alkyl halides is 3. The molecule has 2 aromatic heterocycles. The van der Waals surface area contributed by atoms with E-state index < -0.39 is 12.6 Å². The number of benzene rings is 1. The zero-order valence-corrected chi connectivity index (χ0v) is 19.6. The maximum atomic E-state index is 12.8. The van der Waals surface area contributed by atoms with Crippen LogP contribution in [-0.4, -0.2) is 48.0 Å². The van der Waals surface area contributed by atoms with E-state index in [0.29, 0.717) is 22.6 Å². The minimum Gasteiger partial charge on any atom is -0.361 e. The fraction of sp³-hybridized carbons (Fsp3) is 0.375. The molecule has 0 amide bonds. The van der Waals surface area contributed by atoms with E-state index >= 15 is 0 Å². The monoisotopic (exact) mass is 488 g/mol. The van der Waals surface area contributed by atoms with Gasteiger partial charge in [0, 0.05) is 48.7 Å². The summed E-state index contributed by atoms with van der Waals surface area (Å²) in [5, 5.41) is 15.1. The van der Waals surface area contributed by atoms with E-state index in [0.717, 1.165) is 41.9 Å². The van der Waals surface area contributed by atoms with Gasteiger partial charge in [-0.2, -0.15) is 13.2 Å². The molecule has 1 aromatic carbocycles. The Kier molecular flexibility index (Phi) is 7.47. The lowest BCUT2D eigenvalue weighted by atomic mass is 10.2. The zero-order valence-electron chi connectivity index (χ0n) is 18.8. The van der Waals surface area contributed by atoms with Crippen LogP contribution in [0.4, 0.5) is 24.7 Å². The Hall–Kier alpha value is -2.98. The summed E-state index contributed by atoms with van der Waals surface area (Å²) < 4.78 is 38.5. The van der Waals surface area contributed by atoms with Crippen LogP contribution in [0.15, 0.2) is 54.5 Å². The smallest absolute Gasteiger partial charge is 0.361 e. The second kappa shape index (κ2) is 10.5. The summed E-state index contributed by atoms with van der Waals surface area (Å²) in [4.78, 5) is 11.5. The lowest BCUT2D eigenvalue weighted by molar-refractivity contribution is -0.126. The molecule has 0 aliphatic heterocycles. The molecule has 0 bridgehead atoms. The van der Waals surface area contributed by atoms with Gasteiger partial charge in [0.15, 0.2) is 0 Å². The average molecular weight is 489 g/mol. The summed E-state index contributed by atoms with van der Waals surface area (Å²) in [5.41, 5.74) is 1.81. The number of rotatable bonds is 9. The molecule has 34 heavy (non-hydrogen) atoms. The normalized spacial score (nSPS) is 18.9. The Balaban J connectivity index is 1.36. The Morgan fingerprint density at radius 1 is 1.24 bits per heavy atom. The van der Waals surface area contributed by atoms with Crippen LogP contribution in [0.3, 0.4) is 0 Å². The predicted molar refractivity (Wildman–Crippen MR) is 132 cm³/mol. The highest BCUT2D eigenvalue weighted by Crippen LogP contribution is 2.35. The third kappa shape index (κ3) is 6.12. The van der Waals surface area contributed by atoms with Gasteiger partial charge in [-0.3, -0.25) is 0 Å². The van der Waals surface area contributed by atoms with Crippen molar-refractivity contribution in [3.05, 3.63) is 59.4 Å². The third-order valence-electron chi connectivity index (χ3n) is 6.00. The van der Waals surface area contributed by atoms with Gasteiger partial charge in [0.05, 0.1) is 11.8 Å². The molecule has 2 atom stereocenters. The largest absolute Gasteiger partial charge is 0.393 e. The maximum Gasteiger partial charge on any atom is 0.393 e. The van der Waals surface area contributed by atoms with Crippen molar-refractivity contribution in [2.75, 3.05) is 23.8 Å². The molecule has 3 N–H and O–H groups in total. The average Bonchev–Trinajstić information content (AvgIpc) is 3.44. The van der Waals surface area contributed by atoms with E-state index in [1.54, 1.807) is 6.07 Å². The lowest BCUT2D eigenvalue weighted by Gasteiger charge is -2.26. The quantitative estimate of drug-likeness (QED) is 0.352. The summed E-state index contributed by atoms with van der Waals surface area (Å²) in [7, 11) is 1.95. The topological polar surface area (TPSA) is 76.9 Å². The standard InChI is InChI=1S/C24H27F3N6S/c1-33(22-21-10-20(11-24(25,26)27)34-23(21)32-15-31-22)19-8-7-18(9-19)30-14-16(12-28)13-29-17-5-3-2-4-6-17/h2-6,10,12-13,15,18-19,28-30H,7-9,11,14H2,1H3/b16-13+,28-12?/t18-,19+/m0/s1. The van der Waals surface area contributed by atoms with Crippen LogP contribution in [0.1, 0.15) is 24.1 Å². The number of nitrogens with one attached hydrogen (secondary N) is 3. The number of aromatic nitrogens is 2. The first-order valence-electron chi connectivity index (χ1n) is 11.1. The Morgan fingerprint density at radius 3 is 2.76 bits per heavy atom. The second-order valence-electron chi connectivity index (χ2n) is 8.45. The molecular weight excluding hydrogens is 461 g/mol. The van der Waals surface area contributed by atoms with Gasteiger partial charge >= 0.3 is 6.18 Å². The van der Waals surface area contributed by atoms with Gasteiger partial charge in [0.2, 0.25) is 0 Å². The highest BCUT2D eigenvalue weighted by Gasteiger charge is 2.31. The number of hydrogen-bond donors (Lipinski definition) is 3. The SMILES string of the molecule is CN(c1ncnc2sc(CC(F)(F)F)cc12)[C@@H]1CC[C@H](NC/C(C=N)=C/Nc2ccccc2)C1. The van der Waals surface area contributed by atoms with Gasteiger partial charge in [0.1, 0.15) is 17.0 Å². The molecule has 1 fully saturated rings. The van der Waals surface area contributed by atoms with Gasteiger partial charge in [-0.15, -0.1) is 11.3 Å². The summed E-state index contributed by atoms with van der Waals surface area (Å²) in [6.45, 7) is 0.577. The van der Waals surface area contributed by atoms with Gasteiger partial charge in [-0.05, 0) is 43.0 Å². The van der Waals surface area contributed by atoms with Crippen LogP contribution < -0.4 is 15.5 Å². The number of hydrogen-bond acceptors (Lipinski definition) is 7. The van der Waals surface area contributed by atoms with Gasteiger partial charge in [0.25, 0.3) is 0 Å². The minimum atomic E-state index is -4.24. The van der Waals surface area contributed by atoms with Crippen molar-refractivity contribution in [2.45, 2.75) is 43.9 Å². The van der Waals surface area contributed by atoms with E-state index in [1.807, 2.05) is 43.6 Å². The number of halogens is 3. The lowest BCUT2D eigenvalue weighted by Crippen LogP contribution is -2.34. The highest BCUT2D eigenvalue weighted by atomic mass is 32.1.